The lowest BCUT2D eigenvalue weighted by Gasteiger charge is -2.12. The number of hydrogen-bond acceptors (Lipinski definition) is 6. The number of fused-ring (bicyclic) bond motifs is 3. The van der Waals surface area contributed by atoms with Crippen LogP contribution in [0.4, 0.5) is 5.69 Å². The first-order chi connectivity index (χ1) is 15.9. The van der Waals surface area contributed by atoms with E-state index in [0.29, 0.717) is 51.1 Å². The third kappa shape index (κ3) is 4.39. The van der Waals surface area contributed by atoms with Crippen molar-refractivity contribution >= 4 is 43.4 Å². The van der Waals surface area contributed by atoms with E-state index in [-0.39, 0.29) is 4.90 Å². The van der Waals surface area contributed by atoms with E-state index in [1.165, 1.54) is 19.2 Å². The lowest BCUT2D eigenvalue weighted by atomic mass is 10.0. The number of anilines is 1. The van der Waals surface area contributed by atoms with Gasteiger partial charge in [-0.1, -0.05) is 37.6 Å². The molecule has 0 aliphatic rings. The van der Waals surface area contributed by atoms with Crippen LogP contribution in [-0.4, -0.2) is 28.1 Å². The molecule has 0 atom stereocenters. The average molecular weight is 468 g/mol. The van der Waals surface area contributed by atoms with E-state index in [1.807, 2.05) is 25.1 Å². The van der Waals surface area contributed by atoms with Gasteiger partial charge in [0, 0.05) is 16.2 Å². The molecule has 1 heterocycles. The van der Waals surface area contributed by atoms with Gasteiger partial charge in [0.05, 0.1) is 24.3 Å². The van der Waals surface area contributed by atoms with Crippen molar-refractivity contribution in [2.75, 3.05) is 18.4 Å². The minimum Gasteiger partial charge on any atom is -0.497 e. The second-order valence-electron chi connectivity index (χ2n) is 7.65. The lowest BCUT2D eigenvalue weighted by molar-refractivity contribution is 0.0500. The second kappa shape index (κ2) is 9.15. The number of aryl methyl sites for hydroxylation is 1. The Labute approximate surface area is 192 Å². The van der Waals surface area contributed by atoms with Gasteiger partial charge >= 0.3 is 5.97 Å². The number of ether oxygens (including phenoxy) is 2. The molecule has 0 unspecified atom stereocenters. The SMILES string of the molecule is CCCCOC(=O)c1c(C)oc2c1cc(NS(=O)(=O)c1ccc(OC)cc1)c1ccccc12. The Morgan fingerprint density at radius 1 is 1.03 bits per heavy atom. The fraction of sp³-hybridized carbons (Fsp3) is 0.240. The Hall–Kier alpha value is -3.52. The maximum absolute atomic E-state index is 13.1. The van der Waals surface area contributed by atoms with Gasteiger partial charge in [-0.05, 0) is 43.7 Å². The lowest BCUT2D eigenvalue weighted by Crippen LogP contribution is -2.13. The van der Waals surface area contributed by atoms with Crippen LogP contribution in [0.5, 0.6) is 5.75 Å². The summed E-state index contributed by atoms with van der Waals surface area (Å²) in [5.41, 5.74) is 1.16. The van der Waals surface area contributed by atoms with Gasteiger partial charge in [0.15, 0.2) is 0 Å². The van der Waals surface area contributed by atoms with E-state index in [2.05, 4.69) is 4.72 Å². The molecule has 0 aliphatic heterocycles. The maximum atomic E-state index is 13.1. The van der Waals surface area contributed by atoms with Gasteiger partial charge in [-0.25, -0.2) is 13.2 Å². The fourth-order valence-electron chi connectivity index (χ4n) is 3.72. The Morgan fingerprint density at radius 3 is 2.39 bits per heavy atom. The largest absolute Gasteiger partial charge is 0.497 e. The Bertz CT molecular complexity index is 1420. The first-order valence-electron chi connectivity index (χ1n) is 10.6. The zero-order chi connectivity index (χ0) is 23.6. The molecule has 0 aliphatic carbocycles. The van der Waals surface area contributed by atoms with Crippen molar-refractivity contribution < 1.29 is 27.1 Å². The minimum absolute atomic E-state index is 0.0926. The quantitative estimate of drug-likeness (QED) is 0.265. The Kier molecular flexibility index (Phi) is 6.29. The standard InChI is InChI=1S/C25H25NO6S/c1-4-5-14-31-25(27)23-16(2)32-24-20-9-7-6-8-19(20)22(15-21(23)24)26-33(28,29)18-12-10-17(30-3)11-13-18/h6-13,15,26H,4-5,14H2,1-3H3. The topological polar surface area (TPSA) is 94.8 Å². The minimum atomic E-state index is -3.89. The second-order valence-corrected chi connectivity index (χ2v) is 9.33. The van der Waals surface area contributed by atoms with Gasteiger partial charge in [0.25, 0.3) is 10.0 Å². The summed E-state index contributed by atoms with van der Waals surface area (Å²) in [6, 6.07) is 15.0. The Balaban J connectivity index is 1.83. The highest BCUT2D eigenvalue weighted by Crippen LogP contribution is 2.37. The molecular weight excluding hydrogens is 442 g/mol. The van der Waals surface area contributed by atoms with Crippen LogP contribution in [-0.2, 0) is 14.8 Å². The first kappa shape index (κ1) is 22.7. The molecule has 172 valence electrons. The van der Waals surface area contributed by atoms with Crippen LogP contribution in [0, 0.1) is 6.92 Å². The van der Waals surface area contributed by atoms with Crippen molar-refractivity contribution in [1.82, 2.24) is 0 Å². The summed E-state index contributed by atoms with van der Waals surface area (Å²) in [7, 11) is -2.38. The van der Waals surface area contributed by atoms with Gasteiger partial charge in [-0.3, -0.25) is 4.72 Å². The summed E-state index contributed by atoms with van der Waals surface area (Å²) >= 11 is 0. The summed E-state index contributed by atoms with van der Waals surface area (Å²) in [5.74, 6) is 0.492. The molecule has 1 N–H and O–H groups in total. The van der Waals surface area contributed by atoms with Crippen LogP contribution in [0.3, 0.4) is 0 Å². The zero-order valence-electron chi connectivity index (χ0n) is 18.7. The molecule has 0 radical (unpaired) electrons. The van der Waals surface area contributed by atoms with Crippen molar-refractivity contribution in [3.8, 4) is 5.75 Å². The molecule has 0 amide bonds. The van der Waals surface area contributed by atoms with Crippen LogP contribution < -0.4 is 9.46 Å². The highest BCUT2D eigenvalue weighted by Gasteiger charge is 2.24. The average Bonchev–Trinajstić information content (AvgIpc) is 3.15. The molecule has 4 rings (SSSR count). The van der Waals surface area contributed by atoms with E-state index < -0.39 is 16.0 Å². The normalized spacial score (nSPS) is 11.6. The van der Waals surface area contributed by atoms with E-state index in [0.717, 1.165) is 12.8 Å². The highest BCUT2D eigenvalue weighted by molar-refractivity contribution is 7.92. The number of esters is 1. The molecule has 1 aromatic heterocycles. The monoisotopic (exact) mass is 467 g/mol. The van der Waals surface area contributed by atoms with Crippen LogP contribution >= 0.6 is 0 Å². The van der Waals surface area contributed by atoms with Gasteiger partial charge < -0.3 is 13.9 Å². The van der Waals surface area contributed by atoms with Crippen LogP contribution in [0.25, 0.3) is 21.7 Å². The molecule has 0 fully saturated rings. The van der Waals surface area contributed by atoms with Crippen LogP contribution in [0.15, 0.2) is 63.9 Å². The maximum Gasteiger partial charge on any atom is 0.342 e. The molecular formula is C25H25NO6S. The Morgan fingerprint density at radius 2 is 1.73 bits per heavy atom. The third-order valence-corrected chi connectivity index (χ3v) is 6.80. The van der Waals surface area contributed by atoms with Crippen molar-refractivity contribution in [3.63, 3.8) is 0 Å². The molecule has 0 bridgehead atoms. The summed E-state index contributed by atoms with van der Waals surface area (Å²) < 4.78 is 45.4. The third-order valence-electron chi connectivity index (χ3n) is 5.42. The highest BCUT2D eigenvalue weighted by atomic mass is 32.2. The summed E-state index contributed by atoms with van der Waals surface area (Å²) in [5, 5.41) is 1.85. The molecule has 8 heteroatoms. The number of carbonyl (C=O) groups excluding carboxylic acids is 1. The number of methoxy groups -OCH3 is 1. The number of rotatable bonds is 8. The number of carbonyl (C=O) groups is 1. The van der Waals surface area contributed by atoms with E-state index in [4.69, 9.17) is 13.9 Å². The predicted molar refractivity (Wildman–Crippen MR) is 127 cm³/mol. The number of unbranched alkanes of at least 4 members (excludes halogenated alkanes) is 1. The molecule has 3 aromatic carbocycles. The van der Waals surface area contributed by atoms with E-state index in [9.17, 15) is 13.2 Å². The fourth-order valence-corrected chi connectivity index (χ4v) is 4.79. The van der Waals surface area contributed by atoms with E-state index >= 15 is 0 Å². The summed E-state index contributed by atoms with van der Waals surface area (Å²) in [6.07, 6.45) is 1.66. The molecule has 4 aromatic rings. The van der Waals surface area contributed by atoms with Crippen molar-refractivity contribution in [2.24, 2.45) is 0 Å². The number of benzene rings is 3. The summed E-state index contributed by atoms with van der Waals surface area (Å²) in [4.78, 5) is 12.9. The van der Waals surface area contributed by atoms with Gasteiger partial charge in [0.1, 0.15) is 22.7 Å². The van der Waals surface area contributed by atoms with Gasteiger partial charge in [-0.2, -0.15) is 0 Å². The molecule has 0 saturated carbocycles. The number of sulfonamides is 1. The van der Waals surface area contributed by atoms with Crippen LogP contribution in [0.2, 0.25) is 0 Å². The zero-order valence-corrected chi connectivity index (χ0v) is 19.5. The van der Waals surface area contributed by atoms with Crippen LogP contribution in [0.1, 0.15) is 35.9 Å². The molecule has 7 nitrogen and oxygen atoms in total. The first-order valence-corrected chi connectivity index (χ1v) is 12.1. The number of hydrogen-bond donors (Lipinski definition) is 1. The molecule has 0 saturated heterocycles. The van der Waals surface area contributed by atoms with Gasteiger partial charge in [0.2, 0.25) is 0 Å². The van der Waals surface area contributed by atoms with E-state index in [1.54, 1.807) is 31.2 Å². The molecule has 0 spiro atoms. The number of furan rings is 1. The number of nitrogens with one attached hydrogen (secondary N) is 1. The smallest absolute Gasteiger partial charge is 0.342 e. The van der Waals surface area contributed by atoms with Gasteiger partial charge in [-0.15, -0.1) is 0 Å². The van der Waals surface area contributed by atoms with Crippen molar-refractivity contribution in [2.45, 2.75) is 31.6 Å². The summed E-state index contributed by atoms with van der Waals surface area (Å²) in [6.45, 7) is 4.03. The van der Waals surface area contributed by atoms with Crippen molar-refractivity contribution in [1.29, 1.82) is 0 Å². The predicted octanol–water partition coefficient (Wildman–Crippen LogP) is 5.66. The molecule has 33 heavy (non-hydrogen) atoms. The van der Waals surface area contributed by atoms with Crippen molar-refractivity contribution in [3.05, 3.63) is 65.9 Å².